The Hall–Kier alpha value is -1.84. The highest BCUT2D eigenvalue weighted by atomic mass is 32.2. The van der Waals surface area contributed by atoms with Gasteiger partial charge in [0.15, 0.2) is 0 Å². The lowest BCUT2D eigenvalue weighted by molar-refractivity contribution is 0.102. The number of nitrogens with one attached hydrogen (secondary N) is 2. The Morgan fingerprint density at radius 3 is 2.52 bits per heavy atom. The summed E-state index contributed by atoms with van der Waals surface area (Å²) in [6.07, 6.45) is 0.662. The first kappa shape index (κ1) is 17.5. The monoisotopic (exact) mass is 354 g/mol. The Balaban J connectivity index is 2.10. The maximum absolute atomic E-state index is 12.1. The molecule has 9 heteroatoms. The van der Waals surface area contributed by atoms with Crippen molar-refractivity contribution in [3.8, 4) is 0 Å². The summed E-state index contributed by atoms with van der Waals surface area (Å²) in [5, 5.41) is 10.0. The SMILES string of the molecule is CC[C@@H](C)NS(=O)(=O)c1nnc(NC(=O)c2ccc(C)cc2)s1. The quantitative estimate of drug-likeness (QED) is 0.774. The van der Waals surface area contributed by atoms with Crippen LogP contribution in [0.25, 0.3) is 0 Å². The predicted octanol–water partition coefficient (Wildman–Crippen LogP) is 2.18. The van der Waals surface area contributed by atoms with Gasteiger partial charge in [-0.05, 0) is 32.4 Å². The van der Waals surface area contributed by atoms with Gasteiger partial charge in [-0.3, -0.25) is 10.1 Å². The third kappa shape index (κ3) is 4.57. The fourth-order valence-corrected chi connectivity index (χ4v) is 3.88. The molecule has 0 fully saturated rings. The number of carbonyl (C=O) groups excluding carboxylic acids is 1. The predicted molar refractivity (Wildman–Crippen MR) is 89.1 cm³/mol. The third-order valence-corrected chi connectivity index (χ3v) is 5.93. The molecule has 0 unspecified atom stereocenters. The molecule has 1 aromatic carbocycles. The molecule has 2 N–H and O–H groups in total. The van der Waals surface area contributed by atoms with E-state index in [0.29, 0.717) is 12.0 Å². The highest BCUT2D eigenvalue weighted by molar-refractivity contribution is 7.91. The van der Waals surface area contributed by atoms with Crippen LogP contribution >= 0.6 is 11.3 Å². The van der Waals surface area contributed by atoms with Gasteiger partial charge in [-0.15, -0.1) is 10.2 Å². The summed E-state index contributed by atoms with van der Waals surface area (Å²) in [6.45, 7) is 5.56. The molecule has 0 saturated carbocycles. The van der Waals surface area contributed by atoms with Crippen LogP contribution in [-0.4, -0.2) is 30.6 Å². The number of nitrogens with zero attached hydrogens (tertiary/aromatic N) is 2. The summed E-state index contributed by atoms with van der Waals surface area (Å²) in [5.41, 5.74) is 1.51. The zero-order chi connectivity index (χ0) is 17.0. The Bertz CT molecular complexity index is 785. The number of aryl methyl sites for hydroxylation is 1. The first-order valence-corrected chi connectivity index (χ1v) is 9.35. The number of carbonyl (C=O) groups is 1. The van der Waals surface area contributed by atoms with E-state index in [4.69, 9.17) is 0 Å². The summed E-state index contributed by atoms with van der Waals surface area (Å²) < 4.78 is 26.5. The van der Waals surface area contributed by atoms with Crippen LogP contribution in [0.15, 0.2) is 28.6 Å². The van der Waals surface area contributed by atoms with Crippen LogP contribution < -0.4 is 10.0 Å². The summed E-state index contributed by atoms with van der Waals surface area (Å²) in [5.74, 6) is -0.361. The number of benzene rings is 1. The van der Waals surface area contributed by atoms with E-state index in [-0.39, 0.29) is 21.4 Å². The van der Waals surface area contributed by atoms with Gasteiger partial charge >= 0.3 is 0 Å². The van der Waals surface area contributed by atoms with Crippen molar-refractivity contribution in [2.45, 2.75) is 37.6 Å². The van der Waals surface area contributed by atoms with Crippen LogP contribution in [0, 0.1) is 6.92 Å². The van der Waals surface area contributed by atoms with Crippen molar-refractivity contribution in [3.63, 3.8) is 0 Å². The molecule has 0 spiro atoms. The van der Waals surface area contributed by atoms with Gasteiger partial charge in [-0.25, -0.2) is 13.1 Å². The molecule has 0 aliphatic heterocycles. The largest absolute Gasteiger partial charge is 0.296 e. The van der Waals surface area contributed by atoms with Gasteiger partial charge in [-0.2, -0.15) is 0 Å². The third-order valence-electron chi connectivity index (χ3n) is 3.14. The molecule has 0 bridgehead atoms. The summed E-state index contributed by atoms with van der Waals surface area (Å²) in [7, 11) is -3.71. The maximum Gasteiger partial charge on any atom is 0.270 e. The summed E-state index contributed by atoms with van der Waals surface area (Å²) in [4.78, 5) is 12.1. The Morgan fingerprint density at radius 2 is 1.91 bits per heavy atom. The number of amides is 1. The molecule has 1 heterocycles. The zero-order valence-corrected chi connectivity index (χ0v) is 14.7. The van der Waals surface area contributed by atoms with Crippen LogP contribution in [0.2, 0.25) is 0 Å². The molecule has 23 heavy (non-hydrogen) atoms. The van der Waals surface area contributed by atoms with Gasteiger partial charge in [0.2, 0.25) is 9.47 Å². The van der Waals surface area contributed by atoms with Crippen molar-refractivity contribution < 1.29 is 13.2 Å². The van der Waals surface area contributed by atoms with Gasteiger partial charge in [0.05, 0.1) is 0 Å². The average molecular weight is 354 g/mol. The minimum absolute atomic E-state index is 0.139. The van der Waals surface area contributed by atoms with Crippen molar-refractivity contribution in [3.05, 3.63) is 35.4 Å². The Morgan fingerprint density at radius 1 is 1.26 bits per heavy atom. The minimum Gasteiger partial charge on any atom is -0.296 e. The fourth-order valence-electron chi connectivity index (χ4n) is 1.64. The molecule has 0 aliphatic carbocycles. The van der Waals surface area contributed by atoms with Gasteiger partial charge in [0.1, 0.15) is 0 Å². The van der Waals surface area contributed by atoms with E-state index in [1.807, 2.05) is 26.0 Å². The van der Waals surface area contributed by atoms with E-state index in [0.717, 1.165) is 16.9 Å². The molecule has 7 nitrogen and oxygen atoms in total. The van der Waals surface area contributed by atoms with Crippen LogP contribution in [-0.2, 0) is 10.0 Å². The molecule has 1 amide bonds. The molecular formula is C14H18N4O3S2. The van der Waals surface area contributed by atoms with Gasteiger partial charge < -0.3 is 0 Å². The Labute approximate surface area is 139 Å². The van der Waals surface area contributed by atoms with E-state index < -0.39 is 10.0 Å². The van der Waals surface area contributed by atoms with E-state index in [1.54, 1.807) is 19.1 Å². The number of rotatable bonds is 6. The first-order chi connectivity index (χ1) is 10.8. The second-order valence-corrected chi connectivity index (χ2v) is 7.99. The van der Waals surface area contributed by atoms with E-state index in [2.05, 4.69) is 20.2 Å². The lowest BCUT2D eigenvalue weighted by atomic mass is 10.1. The molecule has 2 aromatic rings. The van der Waals surface area contributed by atoms with Crippen LogP contribution in [0.1, 0.15) is 36.2 Å². The number of hydrogen-bond acceptors (Lipinski definition) is 6. The number of anilines is 1. The number of hydrogen-bond donors (Lipinski definition) is 2. The van der Waals surface area contributed by atoms with E-state index in [1.165, 1.54) is 0 Å². The van der Waals surface area contributed by atoms with Gasteiger partial charge in [0, 0.05) is 11.6 Å². The lowest BCUT2D eigenvalue weighted by Gasteiger charge is -2.08. The molecule has 2 rings (SSSR count). The fraction of sp³-hybridized carbons (Fsp3) is 0.357. The maximum atomic E-state index is 12.1. The molecule has 1 atom stereocenters. The average Bonchev–Trinajstić information content (AvgIpc) is 2.96. The van der Waals surface area contributed by atoms with Crippen LogP contribution in [0.4, 0.5) is 5.13 Å². The van der Waals surface area contributed by atoms with Crippen molar-refractivity contribution in [2.75, 3.05) is 5.32 Å². The van der Waals surface area contributed by atoms with Crippen molar-refractivity contribution in [2.24, 2.45) is 0 Å². The van der Waals surface area contributed by atoms with Crippen molar-refractivity contribution in [1.29, 1.82) is 0 Å². The topological polar surface area (TPSA) is 101 Å². The highest BCUT2D eigenvalue weighted by Crippen LogP contribution is 2.21. The minimum atomic E-state index is -3.71. The zero-order valence-electron chi connectivity index (χ0n) is 13.0. The van der Waals surface area contributed by atoms with Gasteiger partial charge in [0.25, 0.3) is 15.9 Å². The molecule has 1 aromatic heterocycles. The second kappa shape index (κ2) is 7.16. The Kier molecular flexibility index (Phi) is 5.45. The number of sulfonamides is 1. The number of aromatic nitrogens is 2. The first-order valence-electron chi connectivity index (χ1n) is 7.05. The van der Waals surface area contributed by atoms with Crippen molar-refractivity contribution in [1.82, 2.24) is 14.9 Å². The van der Waals surface area contributed by atoms with E-state index >= 15 is 0 Å². The van der Waals surface area contributed by atoms with Gasteiger partial charge in [-0.1, -0.05) is 36.0 Å². The highest BCUT2D eigenvalue weighted by Gasteiger charge is 2.22. The van der Waals surface area contributed by atoms with Crippen LogP contribution in [0.5, 0.6) is 0 Å². The molecule has 0 aliphatic rings. The smallest absolute Gasteiger partial charge is 0.270 e. The second-order valence-electron chi connectivity index (χ2n) is 5.12. The van der Waals surface area contributed by atoms with Crippen molar-refractivity contribution >= 4 is 32.4 Å². The molecular weight excluding hydrogens is 336 g/mol. The molecule has 124 valence electrons. The summed E-state index contributed by atoms with van der Waals surface area (Å²) in [6, 6.07) is 6.82. The van der Waals surface area contributed by atoms with E-state index in [9.17, 15) is 13.2 Å². The van der Waals surface area contributed by atoms with Crippen LogP contribution in [0.3, 0.4) is 0 Å². The lowest BCUT2D eigenvalue weighted by Crippen LogP contribution is -2.31. The summed E-state index contributed by atoms with van der Waals surface area (Å²) >= 11 is 0.814. The normalized spacial score (nSPS) is 12.8. The molecule has 0 saturated heterocycles. The standard InChI is InChI=1S/C14H18N4O3S2/c1-4-10(3)18-23(20,21)14-17-16-13(22-14)15-12(19)11-7-5-9(2)6-8-11/h5-8,10,18H,4H2,1-3H3,(H,15,16,19)/t10-/m1/s1. The molecule has 0 radical (unpaired) electrons.